The van der Waals surface area contributed by atoms with Gasteiger partial charge in [-0.05, 0) is 55.9 Å². The summed E-state index contributed by atoms with van der Waals surface area (Å²) in [5, 5.41) is 0. The second-order valence-corrected chi connectivity index (χ2v) is 4.68. The second kappa shape index (κ2) is 4.28. The fourth-order valence-corrected chi connectivity index (χ4v) is 2.51. The van der Waals surface area contributed by atoms with E-state index in [1.54, 1.807) is 0 Å². The van der Waals surface area contributed by atoms with Crippen LogP contribution < -0.4 is 0 Å². The molecule has 86 valence electrons. The quantitative estimate of drug-likeness (QED) is 0.742. The van der Waals surface area contributed by atoms with Crippen LogP contribution in [-0.4, -0.2) is 9.97 Å². The number of hydrogen-bond donors (Lipinski definition) is 0. The number of benzene rings is 1. The highest BCUT2D eigenvalue weighted by molar-refractivity contribution is 5.61. The third kappa shape index (κ3) is 2.07. The van der Waals surface area contributed by atoms with Gasteiger partial charge in [-0.15, -0.1) is 0 Å². The highest BCUT2D eigenvalue weighted by Gasteiger charge is 2.10. The molecule has 0 atom stereocenters. The molecule has 0 saturated heterocycles. The van der Waals surface area contributed by atoms with Gasteiger partial charge in [0.05, 0.1) is 5.69 Å². The Morgan fingerprint density at radius 1 is 1.00 bits per heavy atom. The van der Waals surface area contributed by atoms with Crippen LogP contribution in [0.25, 0.3) is 11.3 Å². The minimum atomic E-state index is 0.834. The van der Waals surface area contributed by atoms with E-state index >= 15 is 0 Å². The third-order valence-corrected chi connectivity index (χ3v) is 3.42. The lowest BCUT2D eigenvalue weighted by Crippen LogP contribution is -2.02. The summed E-state index contributed by atoms with van der Waals surface area (Å²) in [7, 11) is 0. The molecule has 17 heavy (non-hydrogen) atoms. The Morgan fingerprint density at radius 3 is 2.65 bits per heavy atom. The Balaban J connectivity index is 2.04. The van der Waals surface area contributed by atoms with Gasteiger partial charge in [0.15, 0.2) is 0 Å². The molecule has 0 aliphatic heterocycles. The van der Waals surface area contributed by atoms with Crippen molar-refractivity contribution in [1.82, 2.24) is 9.97 Å². The van der Waals surface area contributed by atoms with Crippen molar-refractivity contribution in [2.75, 3.05) is 0 Å². The van der Waals surface area contributed by atoms with Crippen molar-refractivity contribution < 1.29 is 0 Å². The average molecular weight is 224 g/mol. The SMILES string of the molecule is Cc1nccc(-c2ccc3c(c2)CCCC3)n1. The first kappa shape index (κ1) is 10.5. The van der Waals surface area contributed by atoms with Gasteiger partial charge in [0.2, 0.25) is 0 Å². The first-order valence-corrected chi connectivity index (χ1v) is 6.25. The predicted octanol–water partition coefficient (Wildman–Crippen LogP) is 3.33. The molecule has 0 N–H and O–H groups in total. The summed E-state index contributed by atoms with van der Waals surface area (Å²) in [5.74, 6) is 0.834. The second-order valence-electron chi connectivity index (χ2n) is 4.68. The zero-order chi connectivity index (χ0) is 11.7. The Hall–Kier alpha value is -1.70. The van der Waals surface area contributed by atoms with Crippen LogP contribution in [0, 0.1) is 6.92 Å². The van der Waals surface area contributed by atoms with E-state index in [9.17, 15) is 0 Å². The highest BCUT2D eigenvalue weighted by Crippen LogP contribution is 2.26. The summed E-state index contributed by atoms with van der Waals surface area (Å²) in [6, 6.07) is 8.74. The standard InChI is InChI=1S/C15H16N2/c1-11-16-9-8-15(17-11)14-7-6-12-4-2-3-5-13(12)10-14/h6-10H,2-5H2,1H3. The van der Waals surface area contributed by atoms with Crippen LogP contribution in [-0.2, 0) is 12.8 Å². The Morgan fingerprint density at radius 2 is 1.82 bits per heavy atom. The lowest BCUT2D eigenvalue weighted by atomic mass is 9.90. The molecule has 0 radical (unpaired) electrons. The molecule has 0 unspecified atom stereocenters. The van der Waals surface area contributed by atoms with Crippen molar-refractivity contribution in [2.45, 2.75) is 32.6 Å². The zero-order valence-electron chi connectivity index (χ0n) is 10.1. The van der Waals surface area contributed by atoms with E-state index < -0.39 is 0 Å². The molecule has 1 aliphatic rings. The topological polar surface area (TPSA) is 25.8 Å². The van der Waals surface area contributed by atoms with Crippen LogP contribution in [0.15, 0.2) is 30.5 Å². The van der Waals surface area contributed by atoms with E-state index in [4.69, 9.17) is 0 Å². The number of rotatable bonds is 1. The molecule has 2 heteroatoms. The summed E-state index contributed by atoms with van der Waals surface area (Å²) in [5.41, 5.74) is 5.28. The summed E-state index contributed by atoms with van der Waals surface area (Å²) in [4.78, 5) is 8.62. The fourth-order valence-electron chi connectivity index (χ4n) is 2.51. The molecule has 1 aromatic heterocycles. The lowest BCUT2D eigenvalue weighted by Gasteiger charge is -2.16. The molecule has 0 fully saturated rings. The molecular formula is C15H16N2. The van der Waals surface area contributed by atoms with Gasteiger partial charge in [-0.25, -0.2) is 9.97 Å². The monoisotopic (exact) mass is 224 g/mol. The maximum absolute atomic E-state index is 4.48. The van der Waals surface area contributed by atoms with Crippen molar-refractivity contribution in [3.05, 3.63) is 47.4 Å². The smallest absolute Gasteiger partial charge is 0.125 e. The number of aromatic nitrogens is 2. The largest absolute Gasteiger partial charge is 0.242 e. The van der Waals surface area contributed by atoms with Crippen molar-refractivity contribution in [1.29, 1.82) is 0 Å². The summed E-state index contributed by atoms with van der Waals surface area (Å²) < 4.78 is 0. The van der Waals surface area contributed by atoms with Gasteiger partial charge in [-0.3, -0.25) is 0 Å². The molecular weight excluding hydrogens is 208 g/mol. The lowest BCUT2D eigenvalue weighted by molar-refractivity contribution is 0.686. The molecule has 1 aromatic carbocycles. The molecule has 0 spiro atoms. The van der Waals surface area contributed by atoms with Gasteiger partial charge in [0.25, 0.3) is 0 Å². The number of fused-ring (bicyclic) bond motifs is 1. The van der Waals surface area contributed by atoms with E-state index in [1.165, 1.54) is 42.4 Å². The molecule has 0 amide bonds. The van der Waals surface area contributed by atoms with Crippen LogP contribution in [0.4, 0.5) is 0 Å². The van der Waals surface area contributed by atoms with Gasteiger partial charge in [-0.2, -0.15) is 0 Å². The number of nitrogens with zero attached hydrogens (tertiary/aromatic N) is 2. The van der Waals surface area contributed by atoms with Crippen LogP contribution in [0.1, 0.15) is 29.8 Å². The van der Waals surface area contributed by atoms with Gasteiger partial charge in [-0.1, -0.05) is 12.1 Å². The Labute approximate surface area is 102 Å². The predicted molar refractivity (Wildman–Crippen MR) is 68.8 cm³/mol. The molecule has 0 saturated carbocycles. The first-order chi connectivity index (χ1) is 8.33. The van der Waals surface area contributed by atoms with E-state index in [-0.39, 0.29) is 0 Å². The molecule has 2 aromatic rings. The maximum atomic E-state index is 4.48. The Bertz CT molecular complexity index is 546. The summed E-state index contributed by atoms with van der Waals surface area (Å²) in [6.45, 7) is 1.93. The van der Waals surface area contributed by atoms with E-state index in [1.807, 2.05) is 19.2 Å². The van der Waals surface area contributed by atoms with Gasteiger partial charge < -0.3 is 0 Å². The van der Waals surface area contributed by atoms with Crippen LogP contribution in [0.2, 0.25) is 0 Å². The van der Waals surface area contributed by atoms with Crippen molar-refractivity contribution >= 4 is 0 Å². The van der Waals surface area contributed by atoms with Gasteiger partial charge >= 0.3 is 0 Å². The van der Waals surface area contributed by atoms with Gasteiger partial charge in [0, 0.05) is 11.8 Å². The maximum Gasteiger partial charge on any atom is 0.125 e. The molecule has 3 rings (SSSR count). The minimum Gasteiger partial charge on any atom is -0.242 e. The fraction of sp³-hybridized carbons (Fsp3) is 0.333. The normalized spacial score (nSPS) is 14.4. The summed E-state index contributed by atoms with van der Waals surface area (Å²) >= 11 is 0. The first-order valence-electron chi connectivity index (χ1n) is 6.25. The van der Waals surface area contributed by atoms with Gasteiger partial charge in [0.1, 0.15) is 5.82 Å². The number of aryl methyl sites for hydroxylation is 3. The third-order valence-electron chi connectivity index (χ3n) is 3.42. The Kier molecular flexibility index (Phi) is 2.63. The van der Waals surface area contributed by atoms with Crippen molar-refractivity contribution in [2.24, 2.45) is 0 Å². The molecule has 2 nitrogen and oxygen atoms in total. The molecule has 1 heterocycles. The minimum absolute atomic E-state index is 0.834. The van der Waals surface area contributed by atoms with Crippen LogP contribution >= 0.6 is 0 Å². The zero-order valence-corrected chi connectivity index (χ0v) is 10.1. The van der Waals surface area contributed by atoms with E-state index in [0.29, 0.717) is 0 Å². The average Bonchev–Trinajstić information content (AvgIpc) is 2.38. The van der Waals surface area contributed by atoms with E-state index in [0.717, 1.165) is 11.5 Å². The molecule has 0 bridgehead atoms. The highest BCUT2D eigenvalue weighted by atomic mass is 14.9. The van der Waals surface area contributed by atoms with Crippen LogP contribution in [0.3, 0.4) is 0 Å². The van der Waals surface area contributed by atoms with Crippen molar-refractivity contribution in [3.8, 4) is 11.3 Å². The van der Waals surface area contributed by atoms with Crippen molar-refractivity contribution in [3.63, 3.8) is 0 Å². The summed E-state index contributed by atoms with van der Waals surface area (Å²) in [6.07, 6.45) is 6.93. The van der Waals surface area contributed by atoms with E-state index in [2.05, 4.69) is 28.2 Å². The van der Waals surface area contributed by atoms with Crippen LogP contribution in [0.5, 0.6) is 0 Å². The number of hydrogen-bond acceptors (Lipinski definition) is 2. The molecule has 1 aliphatic carbocycles.